The molecule has 1 aliphatic rings. The monoisotopic (exact) mass is 440 g/mol. The highest BCUT2D eigenvalue weighted by Crippen LogP contribution is 2.29. The van der Waals surface area contributed by atoms with Crippen molar-refractivity contribution in [1.29, 1.82) is 0 Å². The smallest absolute Gasteiger partial charge is 0.264 e. The molecule has 1 aliphatic heterocycles. The molecule has 1 fully saturated rings. The first-order valence-electron chi connectivity index (χ1n) is 7.86. The number of nitrogens with one attached hydrogen (secondary N) is 1. The zero-order valence-electron chi connectivity index (χ0n) is 13.8. The molecular weight excluding hydrogens is 428 g/mol. The zero-order valence-corrected chi connectivity index (χ0v) is 17.0. The first-order chi connectivity index (χ1) is 13.0. The van der Waals surface area contributed by atoms with Crippen molar-refractivity contribution >= 4 is 67.7 Å². The van der Waals surface area contributed by atoms with E-state index in [9.17, 15) is 13.2 Å². The fraction of sp³-hybridized carbons (Fsp3) is 0.188. The summed E-state index contributed by atoms with van der Waals surface area (Å²) in [7, 11) is -3.99. The van der Waals surface area contributed by atoms with Crippen LogP contribution in [-0.2, 0) is 10.0 Å². The highest BCUT2D eigenvalue weighted by Gasteiger charge is 2.26. The number of carbonyl (C=O) groups is 1. The number of benzene rings is 2. The third-order valence-electron chi connectivity index (χ3n) is 4.03. The van der Waals surface area contributed by atoms with Crippen LogP contribution < -0.4 is 4.72 Å². The van der Waals surface area contributed by atoms with Crippen LogP contribution in [0, 0.1) is 0 Å². The summed E-state index contributed by atoms with van der Waals surface area (Å²) in [6.45, 7) is 0.627. The van der Waals surface area contributed by atoms with Crippen molar-refractivity contribution in [3.63, 3.8) is 0 Å². The first kappa shape index (κ1) is 18.5. The molecule has 0 spiro atoms. The van der Waals surface area contributed by atoms with Gasteiger partial charge < -0.3 is 4.90 Å². The van der Waals surface area contributed by atoms with E-state index < -0.39 is 10.0 Å². The van der Waals surface area contributed by atoms with Crippen molar-refractivity contribution in [2.24, 2.45) is 0 Å². The molecule has 4 rings (SSSR count). The van der Waals surface area contributed by atoms with Crippen LogP contribution in [0.4, 0.5) is 5.69 Å². The fourth-order valence-corrected chi connectivity index (χ4v) is 5.69. The lowest BCUT2D eigenvalue weighted by Crippen LogP contribution is -2.29. The van der Waals surface area contributed by atoms with Crippen molar-refractivity contribution in [3.8, 4) is 0 Å². The number of amides is 1. The molecule has 0 atom stereocenters. The van der Waals surface area contributed by atoms with E-state index in [4.69, 9.17) is 11.6 Å². The number of rotatable bonds is 4. The lowest BCUT2D eigenvalue weighted by atomic mass is 10.1. The third-order valence-corrected chi connectivity index (χ3v) is 7.17. The summed E-state index contributed by atoms with van der Waals surface area (Å²) >= 11 is 8.64. The Morgan fingerprint density at radius 2 is 2.07 bits per heavy atom. The average molecular weight is 441 g/mol. The Bertz CT molecular complexity index is 1130. The number of hydrogen-bond acceptors (Lipinski definition) is 7. The zero-order chi connectivity index (χ0) is 19.0. The van der Waals surface area contributed by atoms with Crippen molar-refractivity contribution in [2.75, 3.05) is 22.9 Å². The maximum atomic E-state index is 13.0. The standard InChI is InChI=1S/C16H13ClN4O3S3/c17-10-4-5-11(16(22)21-6-7-25-9-21)13(8-10)20-27(23,24)14-3-1-2-12-15(14)19-26-18-12/h1-5,8,20H,6-7,9H2. The maximum absolute atomic E-state index is 13.0. The number of nitrogens with zero attached hydrogens (tertiary/aromatic N) is 3. The van der Waals surface area contributed by atoms with Crippen LogP contribution >= 0.6 is 35.1 Å². The number of thioether (sulfide) groups is 1. The minimum Gasteiger partial charge on any atom is -0.328 e. The predicted molar refractivity (Wildman–Crippen MR) is 108 cm³/mol. The molecule has 7 nitrogen and oxygen atoms in total. The number of hydrogen-bond donors (Lipinski definition) is 1. The van der Waals surface area contributed by atoms with Gasteiger partial charge in [-0.25, -0.2) is 8.42 Å². The Labute approximate surface area is 169 Å². The van der Waals surface area contributed by atoms with Gasteiger partial charge in [0.05, 0.1) is 28.9 Å². The summed E-state index contributed by atoms with van der Waals surface area (Å²) in [6, 6.07) is 9.29. The molecule has 0 aliphatic carbocycles. The van der Waals surface area contributed by atoms with Crippen LogP contribution in [-0.4, -0.2) is 46.1 Å². The highest BCUT2D eigenvalue weighted by molar-refractivity contribution is 7.99. The van der Waals surface area contributed by atoms with Crippen LogP contribution in [0.3, 0.4) is 0 Å². The molecule has 0 bridgehead atoms. The molecule has 2 aromatic carbocycles. The summed E-state index contributed by atoms with van der Waals surface area (Å²) in [4.78, 5) is 14.5. The molecule has 27 heavy (non-hydrogen) atoms. The molecule has 1 amide bonds. The van der Waals surface area contributed by atoms with E-state index in [2.05, 4.69) is 13.5 Å². The van der Waals surface area contributed by atoms with E-state index in [1.165, 1.54) is 18.2 Å². The molecule has 0 saturated carbocycles. The van der Waals surface area contributed by atoms with Crippen molar-refractivity contribution in [3.05, 3.63) is 47.0 Å². The molecule has 11 heteroatoms. The van der Waals surface area contributed by atoms with Crippen LogP contribution in [0.25, 0.3) is 11.0 Å². The summed E-state index contributed by atoms with van der Waals surface area (Å²) in [6.07, 6.45) is 0. The Hall–Kier alpha value is -1.88. The molecule has 3 aromatic rings. The lowest BCUT2D eigenvalue weighted by molar-refractivity contribution is 0.0804. The fourth-order valence-electron chi connectivity index (χ4n) is 2.73. The van der Waals surface area contributed by atoms with Gasteiger partial charge in [-0.05, 0) is 30.3 Å². The summed E-state index contributed by atoms with van der Waals surface area (Å²) in [5, 5.41) is 0.327. The number of fused-ring (bicyclic) bond motifs is 1. The van der Waals surface area contributed by atoms with Crippen molar-refractivity contribution < 1.29 is 13.2 Å². The predicted octanol–water partition coefficient (Wildman–Crippen LogP) is 3.29. The van der Waals surface area contributed by atoms with Gasteiger partial charge in [0.25, 0.3) is 15.9 Å². The van der Waals surface area contributed by atoms with Gasteiger partial charge in [0.2, 0.25) is 0 Å². The Morgan fingerprint density at radius 3 is 2.85 bits per heavy atom. The Kier molecular flexibility index (Phi) is 4.97. The van der Waals surface area contributed by atoms with E-state index in [1.807, 2.05) is 0 Å². The molecule has 1 saturated heterocycles. The number of aromatic nitrogens is 2. The Morgan fingerprint density at radius 1 is 1.22 bits per heavy atom. The van der Waals surface area contributed by atoms with Gasteiger partial charge in [0.1, 0.15) is 15.9 Å². The average Bonchev–Trinajstić information content (AvgIpc) is 3.32. The third kappa shape index (κ3) is 3.62. The van der Waals surface area contributed by atoms with Gasteiger partial charge in [0.15, 0.2) is 0 Å². The molecule has 2 heterocycles. The van der Waals surface area contributed by atoms with Gasteiger partial charge in [-0.3, -0.25) is 9.52 Å². The van der Waals surface area contributed by atoms with Crippen LogP contribution in [0.2, 0.25) is 5.02 Å². The Balaban J connectivity index is 1.74. The van der Waals surface area contributed by atoms with Gasteiger partial charge in [0, 0.05) is 17.3 Å². The topological polar surface area (TPSA) is 92.3 Å². The second kappa shape index (κ2) is 7.27. The molecule has 0 unspecified atom stereocenters. The van der Waals surface area contributed by atoms with Crippen LogP contribution in [0.15, 0.2) is 41.3 Å². The largest absolute Gasteiger partial charge is 0.328 e. The SMILES string of the molecule is O=C(c1ccc(Cl)cc1NS(=O)(=O)c1cccc2nsnc12)N1CCSC1. The van der Waals surface area contributed by atoms with E-state index in [1.54, 1.807) is 34.9 Å². The van der Waals surface area contributed by atoms with Gasteiger partial charge in [-0.15, -0.1) is 11.8 Å². The molecule has 1 N–H and O–H groups in total. The van der Waals surface area contributed by atoms with Crippen molar-refractivity contribution in [1.82, 2.24) is 13.6 Å². The number of halogens is 1. The number of sulfonamides is 1. The number of carbonyl (C=O) groups excluding carboxylic acids is 1. The van der Waals surface area contributed by atoms with E-state index >= 15 is 0 Å². The summed E-state index contributed by atoms with van der Waals surface area (Å²) in [5.74, 6) is 1.21. The lowest BCUT2D eigenvalue weighted by Gasteiger charge is -2.18. The molecule has 140 valence electrons. The minimum absolute atomic E-state index is 0.00357. The van der Waals surface area contributed by atoms with E-state index in [-0.39, 0.29) is 22.1 Å². The van der Waals surface area contributed by atoms with Crippen molar-refractivity contribution in [2.45, 2.75) is 4.90 Å². The second-order valence-corrected chi connectivity index (χ2v) is 9.48. The van der Waals surface area contributed by atoms with Crippen LogP contribution in [0.1, 0.15) is 10.4 Å². The molecular formula is C16H13ClN4O3S3. The second-order valence-electron chi connectivity index (χ2n) is 5.79. The summed E-state index contributed by atoms with van der Waals surface area (Å²) < 4.78 is 36.6. The summed E-state index contributed by atoms with van der Waals surface area (Å²) in [5.41, 5.74) is 1.19. The minimum atomic E-state index is -3.99. The normalized spacial score (nSPS) is 14.6. The van der Waals surface area contributed by atoms with Gasteiger partial charge >= 0.3 is 0 Å². The number of anilines is 1. The maximum Gasteiger partial charge on any atom is 0.264 e. The van der Waals surface area contributed by atoms with Crippen LogP contribution in [0.5, 0.6) is 0 Å². The van der Waals surface area contributed by atoms with Gasteiger partial charge in [-0.2, -0.15) is 8.75 Å². The van der Waals surface area contributed by atoms with Gasteiger partial charge in [-0.1, -0.05) is 17.7 Å². The van der Waals surface area contributed by atoms with E-state index in [0.29, 0.717) is 28.5 Å². The first-order valence-corrected chi connectivity index (χ1v) is 11.6. The van der Waals surface area contributed by atoms with E-state index in [0.717, 1.165) is 17.5 Å². The highest BCUT2D eigenvalue weighted by atomic mass is 35.5. The molecule has 0 radical (unpaired) electrons. The quantitative estimate of drug-likeness (QED) is 0.669. The molecule has 1 aromatic heterocycles.